The molecule has 2 nitrogen and oxygen atoms in total. The van der Waals surface area contributed by atoms with Crippen LogP contribution in [0.15, 0.2) is 0 Å². The summed E-state index contributed by atoms with van der Waals surface area (Å²) in [6, 6.07) is 1.95. The number of hydrogen-bond acceptors (Lipinski definition) is 2. The van der Waals surface area contributed by atoms with Crippen molar-refractivity contribution in [1.29, 1.82) is 0 Å². The van der Waals surface area contributed by atoms with Crippen molar-refractivity contribution >= 4 is 0 Å². The zero-order valence-corrected chi connectivity index (χ0v) is 10.8. The van der Waals surface area contributed by atoms with Gasteiger partial charge in [0.15, 0.2) is 0 Å². The number of hydrogen-bond donors (Lipinski definition) is 1. The van der Waals surface area contributed by atoms with E-state index in [1.54, 1.807) is 0 Å². The average Bonchev–Trinajstić information content (AvgIpc) is 2.16. The molecule has 0 fully saturated rings. The first kappa shape index (κ1) is 13.9. The molecule has 0 radical (unpaired) electrons. The van der Waals surface area contributed by atoms with Gasteiger partial charge in [-0.05, 0) is 26.8 Å². The van der Waals surface area contributed by atoms with Gasteiger partial charge in [0, 0.05) is 24.7 Å². The van der Waals surface area contributed by atoms with Gasteiger partial charge in [0.1, 0.15) is 0 Å². The molecule has 0 aliphatic rings. The van der Waals surface area contributed by atoms with E-state index in [2.05, 4.69) is 51.9 Å². The summed E-state index contributed by atoms with van der Waals surface area (Å²) in [4.78, 5) is 2.50. The molecule has 0 heterocycles. The van der Waals surface area contributed by atoms with Crippen LogP contribution in [0.3, 0.4) is 0 Å². The third kappa shape index (κ3) is 4.97. The Labute approximate surface area is 90.1 Å². The minimum Gasteiger partial charge on any atom is -0.313 e. The molecule has 0 rings (SSSR count). The van der Waals surface area contributed by atoms with E-state index in [9.17, 15) is 0 Å². The summed E-state index contributed by atoms with van der Waals surface area (Å²) in [5.74, 6) is 0. The van der Waals surface area contributed by atoms with Crippen LogP contribution in [0, 0.1) is 0 Å². The van der Waals surface area contributed by atoms with Crippen LogP contribution in [0.5, 0.6) is 0 Å². The smallest absolute Gasteiger partial charge is 0.0217 e. The molecular formula is C12H28N2. The number of likely N-dealkylation sites (N-methyl/N-ethyl adjacent to an activating group) is 1. The van der Waals surface area contributed by atoms with Gasteiger partial charge in [-0.1, -0.05) is 27.7 Å². The van der Waals surface area contributed by atoms with E-state index in [4.69, 9.17) is 0 Å². The topological polar surface area (TPSA) is 15.3 Å². The largest absolute Gasteiger partial charge is 0.313 e. The summed E-state index contributed by atoms with van der Waals surface area (Å²) in [5.41, 5.74) is 0. The zero-order chi connectivity index (χ0) is 11.1. The van der Waals surface area contributed by atoms with Gasteiger partial charge in [-0.25, -0.2) is 0 Å². The molecule has 2 atom stereocenters. The second-order valence-electron chi connectivity index (χ2n) is 4.55. The normalized spacial score (nSPS) is 16.3. The Balaban J connectivity index is 3.98. The highest BCUT2D eigenvalue weighted by molar-refractivity contribution is 4.74. The minimum atomic E-state index is 0.592. The van der Waals surface area contributed by atoms with Gasteiger partial charge in [0.05, 0.1) is 0 Å². The molecule has 0 aromatic carbocycles. The standard InChI is InChI=1S/C12H28N2/c1-7-11(5)14(6)12(8-2)9-13-10(3)4/h10-13H,7-9H2,1-6H3. The molecule has 0 aromatic rings. The predicted octanol–water partition coefficient (Wildman–Crippen LogP) is 2.49. The van der Waals surface area contributed by atoms with Crippen molar-refractivity contribution in [2.45, 2.75) is 65.6 Å². The SMILES string of the molecule is CCC(C)N(C)C(CC)CNC(C)C. The lowest BCUT2D eigenvalue weighted by Crippen LogP contribution is -2.45. The van der Waals surface area contributed by atoms with E-state index in [0.29, 0.717) is 18.1 Å². The van der Waals surface area contributed by atoms with Gasteiger partial charge < -0.3 is 5.32 Å². The number of nitrogens with zero attached hydrogens (tertiary/aromatic N) is 1. The van der Waals surface area contributed by atoms with Gasteiger partial charge in [-0.2, -0.15) is 0 Å². The molecule has 14 heavy (non-hydrogen) atoms. The fourth-order valence-corrected chi connectivity index (χ4v) is 1.60. The maximum Gasteiger partial charge on any atom is 0.0217 e. The van der Waals surface area contributed by atoms with Crippen molar-refractivity contribution < 1.29 is 0 Å². The van der Waals surface area contributed by atoms with Crippen molar-refractivity contribution in [2.24, 2.45) is 0 Å². The van der Waals surface area contributed by atoms with Crippen LogP contribution in [-0.2, 0) is 0 Å². The van der Waals surface area contributed by atoms with Crippen LogP contribution in [-0.4, -0.2) is 36.6 Å². The lowest BCUT2D eigenvalue weighted by molar-refractivity contribution is 0.169. The van der Waals surface area contributed by atoms with Gasteiger partial charge >= 0.3 is 0 Å². The van der Waals surface area contributed by atoms with Crippen LogP contribution in [0.4, 0.5) is 0 Å². The highest BCUT2D eigenvalue weighted by Crippen LogP contribution is 2.08. The van der Waals surface area contributed by atoms with Crippen LogP contribution >= 0.6 is 0 Å². The monoisotopic (exact) mass is 200 g/mol. The first-order valence-electron chi connectivity index (χ1n) is 5.98. The third-order valence-electron chi connectivity index (χ3n) is 3.10. The Morgan fingerprint density at radius 2 is 1.64 bits per heavy atom. The highest BCUT2D eigenvalue weighted by atomic mass is 15.2. The molecule has 0 bridgehead atoms. The van der Waals surface area contributed by atoms with Crippen molar-refractivity contribution in [1.82, 2.24) is 10.2 Å². The fourth-order valence-electron chi connectivity index (χ4n) is 1.60. The Bertz CT molecular complexity index is 134. The van der Waals surface area contributed by atoms with Gasteiger partial charge in [-0.3, -0.25) is 4.90 Å². The Hall–Kier alpha value is -0.0800. The van der Waals surface area contributed by atoms with Crippen molar-refractivity contribution in [3.05, 3.63) is 0 Å². The van der Waals surface area contributed by atoms with Gasteiger partial charge in [0.2, 0.25) is 0 Å². The van der Waals surface area contributed by atoms with E-state index >= 15 is 0 Å². The molecule has 0 aliphatic carbocycles. The molecule has 0 saturated heterocycles. The predicted molar refractivity (Wildman–Crippen MR) is 64.7 cm³/mol. The van der Waals surface area contributed by atoms with E-state index < -0.39 is 0 Å². The fraction of sp³-hybridized carbons (Fsp3) is 1.00. The number of rotatable bonds is 7. The molecular weight excluding hydrogens is 172 g/mol. The Morgan fingerprint density at radius 3 is 2.00 bits per heavy atom. The summed E-state index contributed by atoms with van der Waals surface area (Å²) < 4.78 is 0. The highest BCUT2D eigenvalue weighted by Gasteiger charge is 2.16. The molecule has 0 aromatic heterocycles. The van der Waals surface area contributed by atoms with Crippen LogP contribution < -0.4 is 5.32 Å². The summed E-state index contributed by atoms with van der Waals surface area (Å²) in [5, 5.41) is 3.51. The molecule has 0 saturated carbocycles. The maximum atomic E-state index is 3.51. The Kier molecular flexibility index (Phi) is 7.20. The molecule has 1 N–H and O–H groups in total. The first-order chi connectivity index (χ1) is 6.52. The van der Waals surface area contributed by atoms with Crippen molar-refractivity contribution in [3.63, 3.8) is 0 Å². The summed E-state index contributed by atoms with van der Waals surface area (Å²) in [6.07, 6.45) is 2.45. The second-order valence-corrected chi connectivity index (χ2v) is 4.55. The lowest BCUT2D eigenvalue weighted by Gasteiger charge is -2.32. The quantitative estimate of drug-likeness (QED) is 0.679. The second kappa shape index (κ2) is 7.24. The first-order valence-corrected chi connectivity index (χ1v) is 5.98. The van der Waals surface area contributed by atoms with Crippen LogP contribution in [0.2, 0.25) is 0 Å². The maximum absolute atomic E-state index is 3.51. The molecule has 86 valence electrons. The van der Waals surface area contributed by atoms with E-state index in [0.717, 1.165) is 6.54 Å². The van der Waals surface area contributed by atoms with E-state index in [-0.39, 0.29) is 0 Å². The third-order valence-corrected chi connectivity index (χ3v) is 3.10. The lowest BCUT2D eigenvalue weighted by atomic mass is 10.1. The summed E-state index contributed by atoms with van der Waals surface area (Å²) in [7, 11) is 2.24. The average molecular weight is 200 g/mol. The number of nitrogens with one attached hydrogen (secondary N) is 1. The summed E-state index contributed by atoms with van der Waals surface area (Å²) in [6.45, 7) is 12.3. The minimum absolute atomic E-state index is 0.592. The van der Waals surface area contributed by atoms with E-state index in [1.165, 1.54) is 12.8 Å². The molecule has 2 unspecified atom stereocenters. The Morgan fingerprint density at radius 1 is 1.07 bits per heavy atom. The van der Waals surface area contributed by atoms with Gasteiger partial charge in [0.25, 0.3) is 0 Å². The van der Waals surface area contributed by atoms with Crippen LogP contribution in [0.1, 0.15) is 47.5 Å². The molecule has 0 spiro atoms. The molecule has 0 amide bonds. The molecule has 2 heteroatoms. The van der Waals surface area contributed by atoms with Gasteiger partial charge in [-0.15, -0.1) is 0 Å². The molecule has 0 aliphatic heterocycles. The van der Waals surface area contributed by atoms with Crippen molar-refractivity contribution in [3.8, 4) is 0 Å². The zero-order valence-electron chi connectivity index (χ0n) is 10.8. The summed E-state index contributed by atoms with van der Waals surface area (Å²) >= 11 is 0. The van der Waals surface area contributed by atoms with E-state index in [1.807, 2.05) is 0 Å². The van der Waals surface area contributed by atoms with Crippen LogP contribution in [0.25, 0.3) is 0 Å². The van der Waals surface area contributed by atoms with Crippen molar-refractivity contribution in [2.75, 3.05) is 13.6 Å².